The van der Waals surface area contributed by atoms with Gasteiger partial charge in [0.1, 0.15) is 0 Å². The summed E-state index contributed by atoms with van der Waals surface area (Å²) < 4.78 is 0. The fourth-order valence-corrected chi connectivity index (χ4v) is 2.48. The number of fused-ring (bicyclic) bond motifs is 1. The van der Waals surface area contributed by atoms with Crippen molar-refractivity contribution in [3.8, 4) is 0 Å². The van der Waals surface area contributed by atoms with Crippen molar-refractivity contribution in [1.29, 1.82) is 0 Å². The van der Waals surface area contributed by atoms with Gasteiger partial charge >= 0.3 is 0 Å². The quantitative estimate of drug-likeness (QED) is 0.491. The third-order valence-corrected chi connectivity index (χ3v) is 3.09. The van der Waals surface area contributed by atoms with Crippen LogP contribution >= 0.6 is 12.6 Å². The van der Waals surface area contributed by atoms with E-state index in [2.05, 4.69) is 17.5 Å². The fourth-order valence-electron chi connectivity index (χ4n) is 2.07. The van der Waals surface area contributed by atoms with Crippen LogP contribution in [0, 0.1) is 0 Å². The monoisotopic (exact) mass is 159 g/mol. The summed E-state index contributed by atoms with van der Waals surface area (Å²) >= 11 is 4.30. The van der Waals surface area contributed by atoms with E-state index in [0.717, 1.165) is 13.0 Å². The number of thiol groups is 1. The summed E-state index contributed by atoms with van der Waals surface area (Å²) in [4.78, 5) is 2.35. The second-order valence-corrected chi connectivity index (χ2v) is 3.93. The molecule has 2 fully saturated rings. The lowest BCUT2D eigenvalue weighted by Gasteiger charge is -2.15. The topological polar surface area (TPSA) is 23.5 Å². The van der Waals surface area contributed by atoms with Crippen molar-refractivity contribution < 1.29 is 5.11 Å². The van der Waals surface area contributed by atoms with Gasteiger partial charge in [0.25, 0.3) is 0 Å². The second-order valence-electron chi connectivity index (χ2n) is 3.26. The van der Waals surface area contributed by atoms with E-state index in [1.807, 2.05) is 0 Å². The van der Waals surface area contributed by atoms with E-state index in [1.165, 1.54) is 13.0 Å². The maximum atomic E-state index is 9.55. The molecule has 2 rings (SSSR count). The minimum Gasteiger partial charge on any atom is -0.390 e. The largest absolute Gasteiger partial charge is 0.390 e. The number of nitrogens with zero attached hydrogens (tertiary/aromatic N) is 1. The van der Waals surface area contributed by atoms with Crippen LogP contribution < -0.4 is 0 Å². The molecule has 0 spiro atoms. The van der Waals surface area contributed by atoms with Crippen LogP contribution in [-0.4, -0.2) is 40.5 Å². The second kappa shape index (κ2) is 2.40. The van der Waals surface area contributed by atoms with Crippen molar-refractivity contribution >= 4 is 12.6 Å². The maximum Gasteiger partial charge on any atom is 0.0823 e. The lowest BCUT2D eigenvalue weighted by Crippen LogP contribution is -2.29. The number of hydrogen-bond donors (Lipinski definition) is 2. The molecule has 0 aromatic carbocycles. The van der Waals surface area contributed by atoms with Crippen LogP contribution in [0.15, 0.2) is 0 Å². The molecular formula is C7H13NOS. The van der Waals surface area contributed by atoms with Crippen molar-refractivity contribution in [2.24, 2.45) is 0 Å². The molecule has 3 atom stereocenters. The Kier molecular flexibility index (Phi) is 1.66. The Balaban J connectivity index is 2.09. The molecule has 10 heavy (non-hydrogen) atoms. The smallest absolute Gasteiger partial charge is 0.0823 e. The summed E-state index contributed by atoms with van der Waals surface area (Å²) in [5.41, 5.74) is 0. The summed E-state index contributed by atoms with van der Waals surface area (Å²) in [5, 5.41) is 9.75. The first-order chi connectivity index (χ1) is 4.79. The first-order valence-electron chi connectivity index (χ1n) is 3.89. The SMILES string of the molecule is O[C@H]1[C@H]2CCCN2C[C@@H]1S. The summed E-state index contributed by atoms with van der Waals surface area (Å²) in [6.07, 6.45) is 2.24. The Labute approximate surface area is 66.6 Å². The molecule has 0 saturated carbocycles. The van der Waals surface area contributed by atoms with E-state index in [4.69, 9.17) is 0 Å². The van der Waals surface area contributed by atoms with Crippen molar-refractivity contribution in [2.45, 2.75) is 30.2 Å². The molecule has 0 amide bonds. The minimum absolute atomic E-state index is 0.175. The third kappa shape index (κ3) is 0.881. The number of rotatable bonds is 0. The van der Waals surface area contributed by atoms with E-state index >= 15 is 0 Å². The molecule has 0 aliphatic carbocycles. The van der Waals surface area contributed by atoms with Gasteiger partial charge in [-0.15, -0.1) is 0 Å². The Morgan fingerprint density at radius 2 is 2.30 bits per heavy atom. The molecule has 2 heterocycles. The minimum atomic E-state index is -0.175. The van der Waals surface area contributed by atoms with Crippen LogP contribution in [0.2, 0.25) is 0 Å². The van der Waals surface area contributed by atoms with Gasteiger partial charge in [0.2, 0.25) is 0 Å². The van der Waals surface area contributed by atoms with Crippen LogP contribution in [0.5, 0.6) is 0 Å². The van der Waals surface area contributed by atoms with Crippen LogP contribution in [0.25, 0.3) is 0 Å². The van der Waals surface area contributed by atoms with Gasteiger partial charge in [0, 0.05) is 17.8 Å². The molecule has 1 N–H and O–H groups in total. The van der Waals surface area contributed by atoms with Gasteiger partial charge in [-0.3, -0.25) is 4.90 Å². The zero-order valence-corrected chi connectivity index (χ0v) is 6.80. The van der Waals surface area contributed by atoms with Gasteiger partial charge < -0.3 is 5.11 Å². The van der Waals surface area contributed by atoms with Gasteiger partial charge in [-0.05, 0) is 19.4 Å². The van der Waals surface area contributed by atoms with Crippen LogP contribution in [0.1, 0.15) is 12.8 Å². The normalized spacial score (nSPS) is 48.0. The fraction of sp³-hybridized carbons (Fsp3) is 1.00. The van der Waals surface area contributed by atoms with Crippen LogP contribution in [0.4, 0.5) is 0 Å². The predicted octanol–water partition coefficient (Wildman–Crippen LogP) is 0.124. The lowest BCUT2D eigenvalue weighted by atomic mass is 10.1. The van der Waals surface area contributed by atoms with Crippen molar-refractivity contribution in [2.75, 3.05) is 13.1 Å². The van der Waals surface area contributed by atoms with Gasteiger partial charge in [-0.25, -0.2) is 0 Å². The molecule has 0 aromatic rings. The highest BCUT2D eigenvalue weighted by atomic mass is 32.1. The molecule has 2 nitrogen and oxygen atoms in total. The number of aliphatic hydroxyl groups is 1. The maximum absolute atomic E-state index is 9.55. The van der Waals surface area contributed by atoms with Crippen molar-refractivity contribution in [3.05, 3.63) is 0 Å². The molecule has 58 valence electrons. The van der Waals surface area contributed by atoms with Crippen molar-refractivity contribution in [1.82, 2.24) is 4.90 Å². The van der Waals surface area contributed by atoms with E-state index < -0.39 is 0 Å². The van der Waals surface area contributed by atoms with Gasteiger partial charge in [0.15, 0.2) is 0 Å². The Hall–Kier alpha value is 0.270. The summed E-state index contributed by atoms with van der Waals surface area (Å²) in [6.45, 7) is 2.15. The van der Waals surface area contributed by atoms with E-state index in [9.17, 15) is 5.11 Å². The summed E-state index contributed by atoms with van der Waals surface area (Å²) in [6, 6.07) is 0.433. The average Bonchev–Trinajstić information content (AvgIpc) is 2.41. The molecule has 0 unspecified atom stereocenters. The zero-order chi connectivity index (χ0) is 7.14. The predicted molar refractivity (Wildman–Crippen MR) is 43.4 cm³/mol. The molecule has 0 radical (unpaired) electrons. The third-order valence-electron chi connectivity index (χ3n) is 2.62. The first kappa shape index (κ1) is 6.95. The summed E-state index contributed by atoms with van der Waals surface area (Å²) in [5.74, 6) is 0. The molecule has 2 saturated heterocycles. The number of hydrogen-bond acceptors (Lipinski definition) is 3. The van der Waals surface area contributed by atoms with Crippen molar-refractivity contribution in [3.63, 3.8) is 0 Å². The standard InChI is InChI=1S/C7H13NOS/c9-7-5-2-1-3-8(5)4-6(7)10/h5-7,9-10H,1-4H2/t5-,6+,7+/m1/s1. The molecule has 2 aliphatic heterocycles. The van der Waals surface area contributed by atoms with Gasteiger partial charge in [-0.2, -0.15) is 12.6 Å². The van der Waals surface area contributed by atoms with Gasteiger partial charge in [0.05, 0.1) is 6.10 Å². The first-order valence-corrected chi connectivity index (χ1v) is 4.41. The average molecular weight is 159 g/mol. The molecule has 3 heteroatoms. The Morgan fingerprint density at radius 3 is 3.00 bits per heavy atom. The zero-order valence-electron chi connectivity index (χ0n) is 5.90. The Bertz CT molecular complexity index is 140. The van der Waals surface area contributed by atoms with Crippen LogP contribution in [-0.2, 0) is 0 Å². The number of aliphatic hydroxyl groups excluding tert-OH is 1. The molecular weight excluding hydrogens is 146 g/mol. The Morgan fingerprint density at radius 1 is 1.50 bits per heavy atom. The van der Waals surface area contributed by atoms with E-state index in [0.29, 0.717) is 6.04 Å². The summed E-state index contributed by atoms with van der Waals surface area (Å²) in [7, 11) is 0. The molecule has 0 aromatic heterocycles. The van der Waals surface area contributed by atoms with Gasteiger partial charge in [-0.1, -0.05) is 0 Å². The van der Waals surface area contributed by atoms with Crippen LogP contribution in [0.3, 0.4) is 0 Å². The molecule has 0 bridgehead atoms. The van der Waals surface area contributed by atoms with E-state index in [-0.39, 0.29) is 11.4 Å². The van der Waals surface area contributed by atoms with E-state index in [1.54, 1.807) is 0 Å². The lowest BCUT2D eigenvalue weighted by molar-refractivity contribution is 0.139. The highest BCUT2D eigenvalue weighted by Crippen LogP contribution is 2.30. The highest BCUT2D eigenvalue weighted by molar-refractivity contribution is 7.81. The molecule has 2 aliphatic rings. The highest BCUT2D eigenvalue weighted by Gasteiger charge is 2.41.